The van der Waals surface area contributed by atoms with E-state index in [1.165, 1.54) is 13.0 Å². The fourth-order valence-electron chi connectivity index (χ4n) is 0.820. The molecule has 0 aliphatic carbocycles. The normalized spacial score (nSPS) is 9.00. The van der Waals surface area contributed by atoms with Gasteiger partial charge in [-0.05, 0) is 34.1 Å². The van der Waals surface area contributed by atoms with Crippen LogP contribution in [0.4, 0.5) is 0 Å². The van der Waals surface area contributed by atoms with Crippen LogP contribution in [0, 0.1) is 11.3 Å². The van der Waals surface area contributed by atoms with Crippen LogP contribution in [0.2, 0.25) is 0 Å². The summed E-state index contributed by atoms with van der Waals surface area (Å²) in [5.74, 6) is -0.0153. The second-order valence-corrected chi connectivity index (χ2v) is 3.20. The highest BCUT2D eigenvalue weighted by molar-refractivity contribution is 9.10. The van der Waals surface area contributed by atoms with Gasteiger partial charge in [0, 0.05) is 11.4 Å². The Kier molecular flexibility index (Phi) is 3.04. The van der Waals surface area contributed by atoms with Gasteiger partial charge in [0.25, 0.3) is 0 Å². The maximum absolute atomic E-state index is 10.6. The van der Waals surface area contributed by atoms with E-state index in [0.29, 0.717) is 15.8 Å². The quantitative estimate of drug-likeness (QED) is 0.558. The van der Waals surface area contributed by atoms with Crippen LogP contribution in [0.15, 0.2) is 22.7 Å². The number of carbonyl (C=O) groups is 1. The van der Waals surface area contributed by atoms with Gasteiger partial charge < -0.3 is 4.74 Å². The molecule has 66 valence electrons. The van der Waals surface area contributed by atoms with Crippen LogP contribution in [0.3, 0.4) is 0 Å². The standard InChI is InChI=1S/C9H6BrNO2/c1-6(12)13-8-2-3-9(10)7(4-8)5-11/h2-4H,1H3. The van der Waals surface area contributed by atoms with Crippen LogP contribution >= 0.6 is 15.9 Å². The zero-order valence-corrected chi connectivity index (χ0v) is 8.46. The molecule has 1 aromatic carbocycles. The average Bonchev–Trinajstić information content (AvgIpc) is 2.07. The second-order valence-electron chi connectivity index (χ2n) is 2.35. The van der Waals surface area contributed by atoms with Gasteiger partial charge >= 0.3 is 5.97 Å². The summed E-state index contributed by atoms with van der Waals surface area (Å²) in [6.45, 7) is 1.31. The number of nitrogens with zero attached hydrogens (tertiary/aromatic N) is 1. The summed E-state index contributed by atoms with van der Waals surface area (Å²) in [6, 6.07) is 6.76. The first-order valence-electron chi connectivity index (χ1n) is 3.51. The molecule has 4 heteroatoms. The van der Waals surface area contributed by atoms with E-state index in [4.69, 9.17) is 10.00 Å². The number of carbonyl (C=O) groups excluding carboxylic acids is 1. The number of nitriles is 1. The number of ether oxygens (including phenoxy) is 1. The Hall–Kier alpha value is -1.34. The lowest BCUT2D eigenvalue weighted by molar-refractivity contribution is -0.131. The summed E-state index contributed by atoms with van der Waals surface area (Å²) in [5, 5.41) is 8.66. The Labute approximate surface area is 84.1 Å². The average molecular weight is 240 g/mol. The Morgan fingerprint density at radius 2 is 2.31 bits per heavy atom. The number of halogens is 1. The predicted octanol–water partition coefficient (Wildman–Crippen LogP) is 2.25. The van der Waals surface area contributed by atoms with E-state index in [2.05, 4.69) is 15.9 Å². The van der Waals surface area contributed by atoms with Gasteiger partial charge in [0.1, 0.15) is 11.8 Å². The maximum Gasteiger partial charge on any atom is 0.308 e. The van der Waals surface area contributed by atoms with E-state index in [9.17, 15) is 4.79 Å². The first kappa shape index (κ1) is 9.75. The highest BCUT2D eigenvalue weighted by Crippen LogP contribution is 2.21. The number of hydrogen-bond donors (Lipinski definition) is 0. The molecule has 1 rings (SSSR count). The number of hydrogen-bond acceptors (Lipinski definition) is 3. The minimum atomic E-state index is -0.397. The molecule has 0 fully saturated rings. The lowest BCUT2D eigenvalue weighted by Crippen LogP contribution is -2.01. The molecule has 0 amide bonds. The van der Waals surface area contributed by atoms with Gasteiger partial charge in [0.2, 0.25) is 0 Å². The summed E-state index contributed by atoms with van der Waals surface area (Å²) in [5.41, 5.74) is 0.443. The molecule has 13 heavy (non-hydrogen) atoms. The van der Waals surface area contributed by atoms with E-state index in [1.54, 1.807) is 12.1 Å². The highest BCUT2D eigenvalue weighted by atomic mass is 79.9. The third kappa shape index (κ3) is 2.56. The predicted molar refractivity (Wildman–Crippen MR) is 50.2 cm³/mol. The summed E-state index contributed by atoms with van der Waals surface area (Å²) < 4.78 is 5.49. The van der Waals surface area contributed by atoms with Gasteiger partial charge in [-0.2, -0.15) is 5.26 Å². The van der Waals surface area contributed by atoms with E-state index in [-0.39, 0.29) is 0 Å². The molecule has 0 aromatic heterocycles. The van der Waals surface area contributed by atoms with Crippen molar-refractivity contribution >= 4 is 21.9 Å². The van der Waals surface area contributed by atoms with Gasteiger partial charge in [0.15, 0.2) is 0 Å². The van der Waals surface area contributed by atoms with Crippen molar-refractivity contribution in [2.24, 2.45) is 0 Å². The molecule has 0 heterocycles. The van der Waals surface area contributed by atoms with Gasteiger partial charge in [-0.3, -0.25) is 4.79 Å². The van der Waals surface area contributed by atoms with Crippen LogP contribution in [0.25, 0.3) is 0 Å². The fourth-order valence-corrected chi connectivity index (χ4v) is 1.15. The summed E-state index contributed by atoms with van der Waals surface area (Å²) in [4.78, 5) is 10.6. The largest absolute Gasteiger partial charge is 0.427 e. The van der Waals surface area contributed by atoms with E-state index in [0.717, 1.165) is 0 Å². The van der Waals surface area contributed by atoms with E-state index < -0.39 is 5.97 Å². The second kappa shape index (κ2) is 4.06. The van der Waals surface area contributed by atoms with Gasteiger partial charge in [-0.1, -0.05) is 0 Å². The van der Waals surface area contributed by atoms with Crippen LogP contribution < -0.4 is 4.74 Å². The van der Waals surface area contributed by atoms with Crippen molar-refractivity contribution in [1.82, 2.24) is 0 Å². The van der Waals surface area contributed by atoms with Crippen molar-refractivity contribution in [2.45, 2.75) is 6.92 Å². The molecule has 0 saturated heterocycles. The van der Waals surface area contributed by atoms with Crippen molar-refractivity contribution in [3.05, 3.63) is 28.2 Å². The Morgan fingerprint density at radius 3 is 2.85 bits per heavy atom. The van der Waals surface area contributed by atoms with Gasteiger partial charge in [-0.15, -0.1) is 0 Å². The summed E-state index contributed by atoms with van der Waals surface area (Å²) >= 11 is 3.19. The third-order valence-electron chi connectivity index (χ3n) is 1.32. The van der Waals surface area contributed by atoms with Crippen molar-refractivity contribution < 1.29 is 9.53 Å². The van der Waals surface area contributed by atoms with Crippen LogP contribution in [-0.2, 0) is 4.79 Å². The molecule has 1 aromatic rings. The Balaban J connectivity index is 3.01. The van der Waals surface area contributed by atoms with Crippen LogP contribution in [0.5, 0.6) is 5.75 Å². The Bertz CT molecular complexity index is 382. The smallest absolute Gasteiger partial charge is 0.308 e. The lowest BCUT2D eigenvalue weighted by atomic mass is 10.2. The highest BCUT2D eigenvalue weighted by Gasteiger charge is 2.02. The zero-order valence-electron chi connectivity index (χ0n) is 6.87. The van der Waals surface area contributed by atoms with Crippen LogP contribution in [0.1, 0.15) is 12.5 Å². The van der Waals surface area contributed by atoms with Gasteiger partial charge in [-0.25, -0.2) is 0 Å². The molecule has 0 aliphatic heterocycles. The molecule has 0 N–H and O–H groups in total. The number of esters is 1. The molecular formula is C9H6BrNO2. The van der Waals surface area contributed by atoms with Crippen molar-refractivity contribution in [3.8, 4) is 11.8 Å². The van der Waals surface area contributed by atoms with Crippen LogP contribution in [-0.4, -0.2) is 5.97 Å². The SMILES string of the molecule is CC(=O)Oc1ccc(Br)c(C#N)c1. The van der Waals surface area contributed by atoms with E-state index >= 15 is 0 Å². The minimum Gasteiger partial charge on any atom is -0.427 e. The molecular weight excluding hydrogens is 234 g/mol. The first-order chi connectivity index (χ1) is 6.13. The monoisotopic (exact) mass is 239 g/mol. The fraction of sp³-hybridized carbons (Fsp3) is 0.111. The molecule has 0 bridgehead atoms. The Morgan fingerprint density at radius 1 is 1.62 bits per heavy atom. The summed E-state index contributed by atoms with van der Waals surface area (Å²) in [6.07, 6.45) is 0. The van der Waals surface area contributed by atoms with Gasteiger partial charge in [0.05, 0.1) is 5.56 Å². The summed E-state index contributed by atoms with van der Waals surface area (Å²) in [7, 11) is 0. The molecule has 0 radical (unpaired) electrons. The molecule has 0 unspecified atom stereocenters. The molecule has 0 atom stereocenters. The molecule has 0 saturated carbocycles. The minimum absolute atomic E-state index is 0.382. The van der Waals surface area contributed by atoms with Crippen molar-refractivity contribution in [3.63, 3.8) is 0 Å². The number of benzene rings is 1. The van der Waals surface area contributed by atoms with E-state index in [1.807, 2.05) is 6.07 Å². The number of rotatable bonds is 1. The third-order valence-corrected chi connectivity index (χ3v) is 2.01. The first-order valence-corrected chi connectivity index (χ1v) is 4.31. The molecule has 0 spiro atoms. The van der Waals surface area contributed by atoms with Crippen molar-refractivity contribution in [2.75, 3.05) is 0 Å². The molecule has 3 nitrogen and oxygen atoms in total. The van der Waals surface area contributed by atoms with Crippen molar-refractivity contribution in [1.29, 1.82) is 5.26 Å². The maximum atomic E-state index is 10.6. The lowest BCUT2D eigenvalue weighted by Gasteiger charge is -2.01. The topological polar surface area (TPSA) is 50.1 Å². The zero-order chi connectivity index (χ0) is 9.84. The molecule has 0 aliphatic rings.